The van der Waals surface area contributed by atoms with Crippen LogP contribution in [0.3, 0.4) is 0 Å². The van der Waals surface area contributed by atoms with Crippen molar-refractivity contribution >= 4 is 0 Å². The summed E-state index contributed by atoms with van der Waals surface area (Å²) in [5.74, 6) is 0.529. The molecule has 0 saturated carbocycles. The molecule has 13 heavy (non-hydrogen) atoms. The van der Waals surface area contributed by atoms with Crippen LogP contribution in [0.2, 0.25) is 0 Å². The SMILES string of the molecule is CC(C)C(F)C1CC2CCC(C1)N2. The highest BCUT2D eigenvalue weighted by atomic mass is 19.1. The predicted octanol–water partition coefficient (Wildman–Crippen LogP) is 2.51. The number of halogens is 1. The van der Waals surface area contributed by atoms with Gasteiger partial charge in [-0.05, 0) is 37.5 Å². The van der Waals surface area contributed by atoms with Crippen molar-refractivity contribution in [3.63, 3.8) is 0 Å². The van der Waals surface area contributed by atoms with Crippen molar-refractivity contribution in [3.05, 3.63) is 0 Å². The quantitative estimate of drug-likeness (QED) is 0.697. The molecule has 2 bridgehead atoms. The molecular weight excluding hydrogens is 165 g/mol. The molecule has 2 aliphatic heterocycles. The second kappa shape index (κ2) is 3.56. The topological polar surface area (TPSA) is 12.0 Å². The van der Waals surface area contributed by atoms with Crippen LogP contribution in [0.5, 0.6) is 0 Å². The Balaban J connectivity index is 1.94. The third kappa shape index (κ3) is 1.88. The van der Waals surface area contributed by atoms with E-state index in [1.165, 1.54) is 12.8 Å². The number of fused-ring (bicyclic) bond motifs is 2. The lowest BCUT2D eigenvalue weighted by Crippen LogP contribution is -2.41. The lowest BCUT2D eigenvalue weighted by Gasteiger charge is -2.32. The predicted molar refractivity (Wildman–Crippen MR) is 52.4 cm³/mol. The number of piperidine rings is 1. The van der Waals surface area contributed by atoms with E-state index < -0.39 is 6.17 Å². The summed E-state index contributed by atoms with van der Waals surface area (Å²) in [6.07, 6.45) is 4.09. The van der Waals surface area contributed by atoms with E-state index in [4.69, 9.17) is 0 Å². The monoisotopic (exact) mass is 185 g/mol. The summed E-state index contributed by atoms with van der Waals surface area (Å²) >= 11 is 0. The van der Waals surface area contributed by atoms with Crippen LogP contribution in [0.1, 0.15) is 39.5 Å². The molecule has 2 heterocycles. The van der Waals surface area contributed by atoms with Gasteiger partial charge in [-0.1, -0.05) is 13.8 Å². The van der Waals surface area contributed by atoms with Gasteiger partial charge in [0.1, 0.15) is 6.17 Å². The summed E-state index contributed by atoms with van der Waals surface area (Å²) < 4.78 is 13.8. The summed E-state index contributed by atoms with van der Waals surface area (Å²) in [5, 5.41) is 3.55. The van der Waals surface area contributed by atoms with E-state index in [2.05, 4.69) is 5.32 Å². The zero-order valence-electron chi connectivity index (χ0n) is 8.59. The third-order valence-corrected chi connectivity index (χ3v) is 3.60. The van der Waals surface area contributed by atoms with E-state index in [0.29, 0.717) is 18.0 Å². The zero-order valence-corrected chi connectivity index (χ0v) is 8.59. The van der Waals surface area contributed by atoms with Crippen molar-refractivity contribution in [1.82, 2.24) is 5.32 Å². The maximum Gasteiger partial charge on any atom is 0.105 e. The van der Waals surface area contributed by atoms with Crippen LogP contribution in [0.25, 0.3) is 0 Å². The van der Waals surface area contributed by atoms with Gasteiger partial charge in [-0.25, -0.2) is 4.39 Å². The lowest BCUT2D eigenvalue weighted by molar-refractivity contribution is 0.122. The summed E-state index contributed by atoms with van der Waals surface area (Å²) in [7, 11) is 0. The van der Waals surface area contributed by atoms with Crippen molar-refractivity contribution in [2.24, 2.45) is 11.8 Å². The Hall–Kier alpha value is -0.110. The average molecular weight is 185 g/mol. The maximum atomic E-state index is 13.8. The van der Waals surface area contributed by atoms with Gasteiger partial charge in [0.2, 0.25) is 0 Å². The van der Waals surface area contributed by atoms with Gasteiger partial charge < -0.3 is 5.32 Å². The standard InChI is InChI=1S/C11H20FN/c1-7(2)11(12)8-5-9-3-4-10(6-8)13-9/h7-11,13H,3-6H2,1-2H3. The summed E-state index contributed by atoms with van der Waals surface area (Å²) in [6.45, 7) is 3.99. The number of hydrogen-bond donors (Lipinski definition) is 1. The minimum atomic E-state index is -0.579. The molecule has 0 aliphatic carbocycles. The Morgan fingerprint density at radius 2 is 1.69 bits per heavy atom. The first kappa shape index (κ1) is 9.45. The van der Waals surface area contributed by atoms with Gasteiger partial charge in [0, 0.05) is 12.1 Å². The Kier molecular flexibility index (Phi) is 2.59. The molecule has 0 aromatic carbocycles. The molecule has 0 radical (unpaired) electrons. The largest absolute Gasteiger partial charge is 0.311 e. The van der Waals surface area contributed by atoms with Gasteiger partial charge in [0.05, 0.1) is 0 Å². The highest BCUT2D eigenvalue weighted by molar-refractivity contribution is 4.94. The van der Waals surface area contributed by atoms with E-state index in [1.807, 2.05) is 13.8 Å². The zero-order chi connectivity index (χ0) is 9.42. The van der Waals surface area contributed by atoms with Crippen molar-refractivity contribution in [1.29, 1.82) is 0 Å². The first-order valence-electron chi connectivity index (χ1n) is 5.57. The first-order valence-corrected chi connectivity index (χ1v) is 5.57. The molecule has 0 aromatic heterocycles. The van der Waals surface area contributed by atoms with Crippen molar-refractivity contribution in [2.75, 3.05) is 0 Å². The number of alkyl halides is 1. The third-order valence-electron chi connectivity index (χ3n) is 3.60. The Morgan fingerprint density at radius 1 is 1.15 bits per heavy atom. The van der Waals surface area contributed by atoms with Crippen LogP contribution in [0, 0.1) is 11.8 Å². The molecule has 2 fully saturated rings. The van der Waals surface area contributed by atoms with E-state index in [0.717, 1.165) is 12.8 Å². The molecule has 2 heteroatoms. The molecule has 2 aliphatic rings. The van der Waals surface area contributed by atoms with Crippen LogP contribution in [-0.4, -0.2) is 18.3 Å². The molecule has 1 N–H and O–H groups in total. The van der Waals surface area contributed by atoms with Crippen LogP contribution >= 0.6 is 0 Å². The van der Waals surface area contributed by atoms with Crippen molar-refractivity contribution in [3.8, 4) is 0 Å². The normalized spacial score (nSPS) is 41.1. The molecule has 3 atom stereocenters. The second-order valence-electron chi connectivity index (χ2n) is 5.06. The van der Waals surface area contributed by atoms with Gasteiger partial charge in [0.15, 0.2) is 0 Å². The lowest BCUT2D eigenvalue weighted by atomic mass is 9.84. The Morgan fingerprint density at radius 3 is 2.15 bits per heavy atom. The number of nitrogens with one attached hydrogen (secondary N) is 1. The first-order chi connectivity index (χ1) is 6.16. The molecule has 1 nitrogen and oxygen atoms in total. The van der Waals surface area contributed by atoms with Crippen LogP contribution in [-0.2, 0) is 0 Å². The number of rotatable bonds is 2. The Bertz CT molecular complexity index is 169. The summed E-state index contributed by atoms with van der Waals surface area (Å²) in [6, 6.07) is 1.25. The smallest absolute Gasteiger partial charge is 0.105 e. The summed E-state index contributed by atoms with van der Waals surface area (Å²) in [4.78, 5) is 0. The van der Waals surface area contributed by atoms with Gasteiger partial charge in [-0.2, -0.15) is 0 Å². The molecule has 76 valence electrons. The minimum absolute atomic E-state index is 0.197. The van der Waals surface area contributed by atoms with Crippen molar-refractivity contribution in [2.45, 2.75) is 57.8 Å². The highest BCUT2D eigenvalue weighted by Crippen LogP contribution is 2.35. The maximum absolute atomic E-state index is 13.8. The van der Waals surface area contributed by atoms with Crippen LogP contribution in [0.4, 0.5) is 4.39 Å². The summed E-state index contributed by atoms with van der Waals surface area (Å²) in [5.41, 5.74) is 0. The fraction of sp³-hybridized carbons (Fsp3) is 1.00. The Labute approximate surface area is 80.1 Å². The molecule has 3 unspecified atom stereocenters. The van der Waals surface area contributed by atoms with E-state index >= 15 is 0 Å². The van der Waals surface area contributed by atoms with Crippen LogP contribution in [0.15, 0.2) is 0 Å². The fourth-order valence-corrected chi connectivity index (χ4v) is 2.91. The highest BCUT2D eigenvalue weighted by Gasteiger charge is 2.37. The van der Waals surface area contributed by atoms with Gasteiger partial charge in [-0.3, -0.25) is 0 Å². The van der Waals surface area contributed by atoms with Crippen LogP contribution < -0.4 is 5.32 Å². The van der Waals surface area contributed by atoms with Gasteiger partial charge in [-0.15, -0.1) is 0 Å². The molecule has 2 saturated heterocycles. The minimum Gasteiger partial charge on any atom is -0.311 e. The van der Waals surface area contributed by atoms with Crippen molar-refractivity contribution < 1.29 is 4.39 Å². The second-order valence-corrected chi connectivity index (χ2v) is 5.06. The van der Waals surface area contributed by atoms with Gasteiger partial charge >= 0.3 is 0 Å². The van der Waals surface area contributed by atoms with Gasteiger partial charge in [0.25, 0.3) is 0 Å². The molecule has 0 aromatic rings. The molecule has 0 spiro atoms. The fourth-order valence-electron chi connectivity index (χ4n) is 2.91. The average Bonchev–Trinajstić information content (AvgIpc) is 2.44. The number of hydrogen-bond acceptors (Lipinski definition) is 1. The van der Waals surface area contributed by atoms with E-state index in [1.54, 1.807) is 0 Å². The molecule has 2 rings (SSSR count). The molecule has 0 amide bonds. The van der Waals surface area contributed by atoms with E-state index in [-0.39, 0.29) is 5.92 Å². The molecular formula is C11H20FN. The van der Waals surface area contributed by atoms with E-state index in [9.17, 15) is 4.39 Å².